The molecule has 3 heteroatoms. The zero-order valence-electron chi connectivity index (χ0n) is 9.10. The molecule has 0 unspecified atom stereocenters. The van der Waals surface area contributed by atoms with Crippen molar-refractivity contribution in [2.24, 2.45) is 0 Å². The molecule has 0 radical (unpaired) electrons. The van der Waals surface area contributed by atoms with Crippen LogP contribution in [-0.2, 0) is 6.61 Å². The van der Waals surface area contributed by atoms with Crippen LogP contribution in [0.1, 0.15) is 15.9 Å². The van der Waals surface area contributed by atoms with Gasteiger partial charge in [0, 0.05) is 10.6 Å². The van der Waals surface area contributed by atoms with Crippen LogP contribution in [0.15, 0.2) is 48.5 Å². The number of aldehydes is 1. The number of halogens is 1. The first kappa shape index (κ1) is 11.7. The molecular weight excluding hydrogens is 236 g/mol. The van der Waals surface area contributed by atoms with E-state index >= 15 is 0 Å². The maximum Gasteiger partial charge on any atom is 0.150 e. The molecule has 0 amide bonds. The Kier molecular flexibility index (Phi) is 3.78. The van der Waals surface area contributed by atoms with Gasteiger partial charge >= 0.3 is 0 Å². The lowest BCUT2D eigenvalue weighted by Gasteiger charge is -2.08. The van der Waals surface area contributed by atoms with Gasteiger partial charge in [0.25, 0.3) is 0 Å². The van der Waals surface area contributed by atoms with Gasteiger partial charge < -0.3 is 4.74 Å². The molecule has 0 saturated heterocycles. The molecule has 86 valence electrons. The summed E-state index contributed by atoms with van der Waals surface area (Å²) in [6.45, 7) is 0.356. The number of carbonyl (C=O) groups excluding carboxylic acids is 1. The Morgan fingerprint density at radius 2 is 1.94 bits per heavy atom. The van der Waals surface area contributed by atoms with Crippen molar-refractivity contribution >= 4 is 17.9 Å². The molecule has 0 bridgehead atoms. The van der Waals surface area contributed by atoms with Gasteiger partial charge in [0.1, 0.15) is 18.6 Å². The summed E-state index contributed by atoms with van der Waals surface area (Å²) < 4.78 is 5.57. The summed E-state index contributed by atoms with van der Waals surface area (Å²) in [4.78, 5) is 10.8. The molecule has 17 heavy (non-hydrogen) atoms. The van der Waals surface area contributed by atoms with Gasteiger partial charge in [-0.25, -0.2) is 0 Å². The third-order valence-electron chi connectivity index (χ3n) is 2.37. The fourth-order valence-corrected chi connectivity index (χ4v) is 1.68. The van der Waals surface area contributed by atoms with Crippen molar-refractivity contribution in [2.75, 3.05) is 0 Å². The number of benzene rings is 2. The quantitative estimate of drug-likeness (QED) is 0.769. The van der Waals surface area contributed by atoms with Crippen LogP contribution in [0.2, 0.25) is 5.02 Å². The van der Waals surface area contributed by atoms with Crippen molar-refractivity contribution in [3.63, 3.8) is 0 Å². The second-order valence-electron chi connectivity index (χ2n) is 3.56. The van der Waals surface area contributed by atoms with E-state index in [1.54, 1.807) is 18.2 Å². The highest BCUT2D eigenvalue weighted by molar-refractivity contribution is 6.30. The first-order valence-corrected chi connectivity index (χ1v) is 5.59. The normalized spacial score (nSPS) is 9.94. The van der Waals surface area contributed by atoms with Gasteiger partial charge in [-0.1, -0.05) is 41.9 Å². The Hall–Kier alpha value is -1.80. The molecule has 0 atom stereocenters. The van der Waals surface area contributed by atoms with E-state index in [4.69, 9.17) is 16.3 Å². The second-order valence-corrected chi connectivity index (χ2v) is 4.00. The molecule has 0 aliphatic carbocycles. The molecule has 0 heterocycles. The Balaban J connectivity index is 2.09. The average Bonchev–Trinajstić information content (AvgIpc) is 2.37. The van der Waals surface area contributed by atoms with E-state index in [9.17, 15) is 4.79 Å². The highest BCUT2D eigenvalue weighted by Gasteiger charge is 2.01. The molecule has 2 aromatic rings. The van der Waals surface area contributed by atoms with Crippen LogP contribution >= 0.6 is 11.6 Å². The molecule has 0 aromatic heterocycles. The van der Waals surface area contributed by atoms with Gasteiger partial charge in [-0.05, 0) is 23.8 Å². The van der Waals surface area contributed by atoms with Crippen molar-refractivity contribution < 1.29 is 9.53 Å². The zero-order valence-corrected chi connectivity index (χ0v) is 9.85. The van der Waals surface area contributed by atoms with Crippen LogP contribution in [0.25, 0.3) is 0 Å². The minimum atomic E-state index is 0.356. The first-order chi connectivity index (χ1) is 8.29. The largest absolute Gasteiger partial charge is 0.489 e. The number of carbonyl (C=O) groups is 1. The maximum atomic E-state index is 10.8. The minimum Gasteiger partial charge on any atom is -0.489 e. The predicted octanol–water partition coefficient (Wildman–Crippen LogP) is 3.73. The average molecular weight is 247 g/mol. The van der Waals surface area contributed by atoms with Gasteiger partial charge in [0.2, 0.25) is 0 Å². The van der Waals surface area contributed by atoms with Gasteiger partial charge in [-0.3, -0.25) is 4.79 Å². The highest BCUT2D eigenvalue weighted by Crippen LogP contribution is 2.18. The first-order valence-electron chi connectivity index (χ1n) is 5.21. The number of ether oxygens (including phenoxy) is 1. The Morgan fingerprint density at radius 1 is 1.12 bits per heavy atom. The van der Waals surface area contributed by atoms with Crippen LogP contribution in [0, 0.1) is 0 Å². The summed E-state index contributed by atoms with van der Waals surface area (Å²) in [6, 6.07) is 14.5. The van der Waals surface area contributed by atoms with Crippen LogP contribution in [-0.4, -0.2) is 6.29 Å². The predicted molar refractivity (Wildman–Crippen MR) is 67.6 cm³/mol. The third-order valence-corrected chi connectivity index (χ3v) is 2.61. The summed E-state index contributed by atoms with van der Waals surface area (Å²) in [5.41, 5.74) is 1.51. The van der Waals surface area contributed by atoms with Crippen LogP contribution in [0.4, 0.5) is 0 Å². The van der Waals surface area contributed by atoms with E-state index in [0.29, 0.717) is 22.9 Å². The van der Waals surface area contributed by atoms with Crippen molar-refractivity contribution in [1.82, 2.24) is 0 Å². The summed E-state index contributed by atoms with van der Waals surface area (Å²) in [7, 11) is 0. The number of hydrogen-bond acceptors (Lipinski definition) is 2. The van der Waals surface area contributed by atoms with E-state index < -0.39 is 0 Å². The molecule has 0 saturated carbocycles. The highest BCUT2D eigenvalue weighted by atomic mass is 35.5. The Labute approximate surface area is 105 Å². The van der Waals surface area contributed by atoms with Gasteiger partial charge in [0.15, 0.2) is 0 Å². The van der Waals surface area contributed by atoms with Crippen molar-refractivity contribution in [2.45, 2.75) is 6.61 Å². The van der Waals surface area contributed by atoms with E-state index in [1.165, 1.54) is 0 Å². The number of hydrogen-bond donors (Lipinski definition) is 0. The maximum absolute atomic E-state index is 10.8. The van der Waals surface area contributed by atoms with Crippen molar-refractivity contribution in [3.8, 4) is 5.75 Å². The standard InChI is InChI=1S/C14H11ClO2/c15-13-6-3-7-14(8-13)17-10-12-5-2-1-4-11(12)9-16/h1-9H,10H2. The third kappa shape index (κ3) is 3.08. The Bertz CT molecular complexity index is 523. The molecule has 2 aromatic carbocycles. The fraction of sp³-hybridized carbons (Fsp3) is 0.0714. The molecule has 0 N–H and O–H groups in total. The monoisotopic (exact) mass is 246 g/mol. The topological polar surface area (TPSA) is 26.3 Å². The minimum absolute atomic E-state index is 0.356. The summed E-state index contributed by atoms with van der Waals surface area (Å²) >= 11 is 5.85. The van der Waals surface area contributed by atoms with E-state index in [2.05, 4.69) is 0 Å². The van der Waals surface area contributed by atoms with Gasteiger partial charge in [-0.2, -0.15) is 0 Å². The second kappa shape index (κ2) is 5.51. The molecular formula is C14H11ClO2. The van der Waals surface area contributed by atoms with E-state index in [1.807, 2.05) is 30.3 Å². The number of rotatable bonds is 4. The molecule has 2 nitrogen and oxygen atoms in total. The molecule has 0 spiro atoms. The van der Waals surface area contributed by atoms with Crippen molar-refractivity contribution in [3.05, 3.63) is 64.7 Å². The zero-order chi connectivity index (χ0) is 12.1. The SMILES string of the molecule is O=Cc1ccccc1COc1cccc(Cl)c1. The van der Waals surface area contributed by atoms with Crippen LogP contribution in [0.5, 0.6) is 5.75 Å². The van der Waals surface area contributed by atoms with Crippen LogP contribution < -0.4 is 4.74 Å². The van der Waals surface area contributed by atoms with Gasteiger partial charge in [0.05, 0.1) is 0 Å². The van der Waals surface area contributed by atoms with E-state index in [0.717, 1.165) is 11.8 Å². The summed E-state index contributed by atoms with van der Waals surface area (Å²) in [5, 5.41) is 0.631. The summed E-state index contributed by atoms with van der Waals surface area (Å²) in [5.74, 6) is 0.693. The fourth-order valence-electron chi connectivity index (χ4n) is 1.50. The lowest BCUT2D eigenvalue weighted by Crippen LogP contribution is -1.99. The van der Waals surface area contributed by atoms with Crippen LogP contribution in [0.3, 0.4) is 0 Å². The molecule has 0 fully saturated rings. The van der Waals surface area contributed by atoms with Gasteiger partial charge in [-0.15, -0.1) is 0 Å². The Morgan fingerprint density at radius 3 is 2.71 bits per heavy atom. The molecule has 0 aliphatic heterocycles. The smallest absolute Gasteiger partial charge is 0.150 e. The van der Waals surface area contributed by atoms with Crippen molar-refractivity contribution in [1.29, 1.82) is 0 Å². The molecule has 2 rings (SSSR count). The lowest BCUT2D eigenvalue weighted by molar-refractivity contribution is 0.112. The molecule has 0 aliphatic rings. The lowest BCUT2D eigenvalue weighted by atomic mass is 10.1. The summed E-state index contributed by atoms with van der Waals surface area (Å²) in [6.07, 6.45) is 0.830. The van der Waals surface area contributed by atoms with E-state index in [-0.39, 0.29) is 0 Å².